The minimum Gasteiger partial charge on any atom is -0.326 e. The van der Waals surface area contributed by atoms with Crippen molar-refractivity contribution in [2.45, 2.75) is 13.8 Å². The number of amides is 1. The van der Waals surface area contributed by atoms with E-state index < -0.39 is 27.1 Å². The number of nitro benzene ring substituents is 2. The molecule has 0 unspecified atom stereocenters. The minimum atomic E-state index is -0.752. The van der Waals surface area contributed by atoms with Gasteiger partial charge in [-0.1, -0.05) is 0 Å². The molecule has 0 saturated carbocycles. The van der Waals surface area contributed by atoms with E-state index in [0.717, 1.165) is 12.1 Å². The molecule has 1 N–H and O–H groups in total. The first-order chi connectivity index (χ1) is 7.82. The summed E-state index contributed by atoms with van der Waals surface area (Å²) in [5.41, 5.74) is -0.594. The van der Waals surface area contributed by atoms with Crippen LogP contribution in [0.25, 0.3) is 0 Å². The maximum absolute atomic E-state index is 10.9. The molecule has 0 aliphatic heterocycles. The van der Waals surface area contributed by atoms with Gasteiger partial charge in [0.25, 0.3) is 11.4 Å². The third kappa shape index (κ3) is 2.74. The van der Waals surface area contributed by atoms with Gasteiger partial charge in [-0.25, -0.2) is 0 Å². The second-order valence-corrected chi connectivity index (χ2v) is 3.33. The first kappa shape index (κ1) is 12.6. The van der Waals surface area contributed by atoms with Gasteiger partial charge in [0.05, 0.1) is 27.2 Å². The largest absolute Gasteiger partial charge is 0.326 e. The number of rotatable bonds is 3. The van der Waals surface area contributed by atoms with Gasteiger partial charge in [0.1, 0.15) is 0 Å². The molecule has 0 atom stereocenters. The quantitative estimate of drug-likeness (QED) is 0.637. The van der Waals surface area contributed by atoms with E-state index in [2.05, 4.69) is 5.32 Å². The lowest BCUT2D eigenvalue weighted by Gasteiger charge is -2.06. The average Bonchev–Trinajstić information content (AvgIpc) is 2.19. The summed E-state index contributed by atoms with van der Waals surface area (Å²) in [7, 11) is 0. The van der Waals surface area contributed by atoms with Crippen LogP contribution in [0, 0.1) is 27.2 Å². The van der Waals surface area contributed by atoms with Crippen LogP contribution in [0.4, 0.5) is 17.1 Å². The highest BCUT2D eigenvalue weighted by molar-refractivity contribution is 5.90. The number of hydrogen-bond donors (Lipinski definition) is 1. The Kier molecular flexibility index (Phi) is 3.37. The van der Waals surface area contributed by atoms with Crippen LogP contribution in [0.1, 0.15) is 12.5 Å². The number of nitrogens with zero attached hydrogens (tertiary/aromatic N) is 2. The zero-order valence-corrected chi connectivity index (χ0v) is 9.09. The van der Waals surface area contributed by atoms with Gasteiger partial charge in [0.15, 0.2) is 0 Å². The van der Waals surface area contributed by atoms with E-state index in [1.807, 2.05) is 0 Å². The zero-order valence-electron chi connectivity index (χ0n) is 9.09. The second kappa shape index (κ2) is 4.56. The van der Waals surface area contributed by atoms with E-state index in [9.17, 15) is 25.0 Å². The molecule has 0 fully saturated rings. The molecule has 0 saturated heterocycles. The fourth-order valence-corrected chi connectivity index (χ4v) is 1.30. The standard InChI is InChI=1S/C9H9N3O5/c1-5-8(10-6(2)13)3-7(11(14)15)4-9(5)12(16)17/h3-4H,1-2H3,(H,10,13). The summed E-state index contributed by atoms with van der Waals surface area (Å²) in [4.78, 5) is 30.7. The highest BCUT2D eigenvalue weighted by atomic mass is 16.6. The number of anilines is 1. The van der Waals surface area contributed by atoms with Crippen molar-refractivity contribution < 1.29 is 14.6 Å². The van der Waals surface area contributed by atoms with Gasteiger partial charge < -0.3 is 5.32 Å². The van der Waals surface area contributed by atoms with Gasteiger partial charge in [0, 0.05) is 13.0 Å². The third-order valence-corrected chi connectivity index (χ3v) is 2.08. The van der Waals surface area contributed by atoms with E-state index in [4.69, 9.17) is 0 Å². The van der Waals surface area contributed by atoms with Gasteiger partial charge in [-0.3, -0.25) is 25.0 Å². The SMILES string of the molecule is CC(=O)Nc1cc([N+](=O)[O-])cc([N+](=O)[O-])c1C. The summed E-state index contributed by atoms with van der Waals surface area (Å²) < 4.78 is 0. The average molecular weight is 239 g/mol. The van der Waals surface area contributed by atoms with Gasteiger partial charge in [-0.2, -0.15) is 0 Å². The van der Waals surface area contributed by atoms with E-state index >= 15 is 0 Å². The molecule has 1 aromatic carbocycles. The Morgan fingerprint density at radius 1 is 1.24 bits per heavy atom. The monoisotopic (exact) mass is 239 g/mol. The fraction of sp³-hybridized carbons (Fsp3) is 0.222. The maximum Gasteiger partial charge on any atom is 0.281 e. The van der Waals surface area contributed by atoms with E-state index in [1.54, 1.807) is 0 Å². The van der Waals surface area contributed by atoms with Crippen LogP contribution in [-0.4, -0.2) is 15.8 Å². The second-order valence-electron chi connectivity index (χ2n) is 3.33. The van der Waals surface area contributed by atoms with E-state index in [0.29, 0.717) is 0 Å². The summed E-state index contributed by atoms with van der Waals surface area (Å²) in [5.74, 6) is -0.456. The summed E-state index contributed by atoms with van der Waals surface area (Å²) in [6, 6.07) is 1.95. The predicted molar refractivity (Wildman–Crippen MR) is 58.8 cm³/mol. The lowest BCUT2D eigenvalue weighted by Crippen LogP contribution is -2.08. The number of carbonyl (C=O) groups is 1. The first-order valence-electron chi connectivity index (χ1n) is 4.54. The molecule has 8 heteroatoms. The van der Waals surface area contributed by atoms with Crippen LogP contribution in [0.5, 0.6) is 0 Å². The Morgan fingerprint density at radius 2 is 1.82 bits per heavy atom. The molecule has 0 bridgehead atoms. The van der Waals surface area contributed by atoms with Crippen LogP contribution < -0.4 is 5.32 Å². The predicted octanol–water partition coefficient (Wildman–Crippen LogP) is 1.77. The van der Waals surface area contributed by atoms with Crippen molar-refractivity contribution in [3.8, 4) is 0 Å². The van der Waals surface area contributed by atoms with Gasteiger partial charge in [0.2, 0.25) is 5.91 Å². The van der Waals surface area contributed by atoms with Crippen LogP contribution in [0.15, 0.2) is 12.1 Å². The molecule has 90 valence electrons. The Hall–Kier alpha value is -2.51. The van der Waals surface area contributed by atoms with Gasteiger partial charge in [-0.15, -0.1) is 0 Å². The fourth-order valence-electron chi connectivity index (χ4n) is 1.30. The summed E-state index contributed by atoms with van der Waals surface area (Å²) in [6.45, 7) is 2.62. The Bertz CT molecular complexity index is 512. The molecule has 0 spiro atoms. The van der Waals surface area contributed by atoms with Crippen molar-refractivity contribution in [2.75, 3.05) is 5.32 Å². The van der Waals surface area contributed by atoms with Crippen LogP contribution in [-0.2, 0) is 4.79 Å². The lowest BCUT2D eigenvalue weighted by atomic mass is 10.1. The molecule has 0 aliphatic carbocycles. The van der Waals surface area contributed by atoms with Crippen LogP contribution in [0.3, 0.4) is 0 Å². The van der Waals surface area contributed by atoms with Crippen LogP contribution >= 0.6 is 0 Å². The highest BCUT2D eigenvalue weighted by Gasteiger charge is 2.21. The van der Waals surface area contributed by atoms with E-state index in [1.165, 1.54) is 13.8 Å². The summed E-state index contributed by atoms with van der Waals surface area (Å²) in [6.07, 6.45) is 0. The Balaban J connectivity index is 3.42. The molecule has 1 rings (SSSR count). The third-order valence-electron chi connectivity index (χ3n) is 2.08. The van der Waals surface area contributed by atoms with Crippen molar-refractivity contribution >= 4 is 23.0 Å². The number of non-ortho nitro benzene ring substituents is 1. The Morgan fingerprint density at radius 3 is 2.24 bits per heavy atom. The van der Waals surface area contributed by atoms with Crippen molar-refractivity contribution in [1.82, 2.24) is 0 Å². The van der Waals surface area contributed by atoms with Crippen molar-refractivity contribution in [2.24, 2.45) is 0 Å². The normalized spacial score (nSPS) is 9.76. The molecule has 0 aliphatic rings. The zero-order chi connectivity index (χ0) is 13.2. The van der Waals surface area contributed by atoms with Crippen molar-refractivity contribution in [3.63, 3.8) is 0 Å². The minimum absolute atomic E-state index is 0.0680. The molecule has 1 aromatic rings. The number of nitro groups is 2. The lowest BCUT2D eigenvalue weighted by molar-refractivity contribution is -0.394. The number of nitrogens with one attached hydrogen (secondary N) is 1. The van der Waals surface area contributed by atoms with Crippen LogP contribution in [0.2, 0.25) is 0 Å². The molecule has 17 heavy (non-hydrogen) atoms. The molecule has 0 radical (unpaired) electrons. The molecular weight excluding hydrogens is 230 g/mol. The highest BCUT2D eigenvalue weighted by Crippen LogP contribution is 2.31. The van der Waals surface area contributed by atoms with Gasteiger partial charge >= 0.3 is 0 Å². The summed E-state index contributed by atoms with van der Waals surface area (Å²) in [5, 5.41) is 23.6. The molecule has 0 aromatic heterocycles. The van der Waals surface area contributed by atoms with E-state index in [-0.39, 0.29) is 11.3 Å². The molecule has 0 heterocycles. The smallest absolute Gasteiger partial charge is 0.281 e. The maximum atomic E-state index is 10.9. The van der Waals surface area contributed by atoms with Crippen molar-refractivity contribution in [1.29, 1.82) is 0 Å². The topological polar surface area (TPSA) is 115 Å². The Labute approximate surface area is 95.5 Å². The van der Waals surface area contributed by atoms with Gasteiger partial charge in [-0.05, 0) is 6.92 Å². The summed E-state index contributed by atoms with van der Waals surface area (Å²) >= 11 is 0. The molecule has 1 amide bonds. The number of carbonyl (C=O) groups excluding carboxylic acids is 1. The van der Waals surface area contributed by atoms with Crippen molar-refractivity contribution in [3.05, 3.63) is 37.9 Å². The number of benzene rings is 1. The molecular formula is C9H9N3O5. The number of hydrogen-bond acceptors (Lipinski definition) is 5. The molecule has 8 nitrogen and oxygen atoms in total. The first-order valence-corrected chi connectivity index (χ1v) is 4.54.